The summed E-state index contributed by atoms with van der Waals surface area (Å²) in [5.74, 6) is -0.817. The van der Waals surface area contributed by atoms with Gasteiger partial charge in [-0.05, 0) is 38.5 Å². The molecule has 0 radical (unpaired) electrons. The van der Waals surface area contributed by atoms with Crippen molar-refractivity contribution < 1.29 is 37.6 Å². The summed E-state index contributed by atoms with van der Waals surface area (Å²) in [6, 6.07) is 0. The van der Waals surface area contributed by atoms with Gasteiger partial charge < -0.3 is 20.1 Å². The molecule has 0 bridgehead atoms. The van der Waals surface area contributed by atoms with Gasteiger partial charge in [0, 0.05) is 19.4 Å². The fraction of sp³-hybridized carbons (Fsp3) is 0.941. The van der Waals surface area contributed by atoms with Gasteiger partial charge in [0.1, 0.15) is 6.61 Å². The highest BCUT2D eigenvalue weighted by Crippen LogP contribution is 2.43. The van der Waals surface area contributed by atoms with Gasteiger partial charge in [-0.25, -0.2) is 4.57 Å². The molecule has 0 rings (SSSR count). The van der Waals surface area contributed by atoms with Crippen LogP contribution in [0.3, 0.4) is 0 Å². The Morgan fingerprint density at radius 1 is 0.372 bits per heavy atom. The average Bonchev–Trinajstić information content (AvgIpc) is 3.43. The van der Waals surface area contributed by atoms with Crippen LogP contribution in [0, 0.1) is 0 Å². The van der Waals surface area contributed by atoms with Gasteiger partial charge >= 0.3 is 19.8 Å². The zero-order chi connectivity index (χ0) is 56.6. The zero-order valence-corrected chi connectivity index (χ0v) is 53.1. The van der Waals surface area contributed by atoms with Crippen molar-refractivity contribution >= 4 is 19.8 Å². The summed E-state index contributed by atoms with van der Waals surface area (Å²) in [7, 11) is -4.39. The minimum atomic E-state index is -4.39. The molecule has 0 aromatic carbocycles. The number of hydrogen-bond donors (Lipinski definition) is 2. The topological polar surface area (TPSA) is 134 Å². The number of phosphoric ester groups is 1. The van der Waals surface area contributed by atoms with Gasteiger partial charge in [-0.15, -0.1) is 0 Å². The highest BCUT2D eigenvalue weighted by Gasteiger charge is 2.26. The lowest BCUT2D eigenvalue weighted by Crippen LogP contribution is -2.29. The van der Waals surface area contributed by atoms with Gasteiger partial charge in [0.2, 0.25) is 0 Å². The van der Waals surface area contributed by atoms with E-state index >= 15 is 0 Å². The van der Waals surface area contributed by atoms with Crippen molar-refractivity contribution in [1.29, 1.82) is 0 Å². The Balaban J connectivity index is 3.67. The summed E-state index contributed by atoms with van der Waals surface area (Å²) in [6.45, 7) is 3.80. The molecule has 2 atom stereocenters. The summed E-state index contributed by atoms with van der Waals surface area (Å²) in [4.78, 5) is 35.2. The van der Waals surface area contributed by atoms with Crippen molar-refractivity contribution in [2.45, 2.75) is 386 Å². The molecule has 3 N–H and O–H groups in total. The van der Waals surface area contributed by atoms with Crippen LogP contribution in [0.2, 0.25) is 0 Å². The minimum absolute atomic E-state index is 0.0553. The number of esters is 2. The molecule has 2 unspecified atom stereocenters. The number of carbonyl (C=O) groups excluding carboxylic acids is 2. The molecule has 0 saturated heterocycles. The number of hydrogen-bond acceptors (Lipinski definition) is 8. The third-order valence-corrected chi connectivity index (χ3v) is 16.9. The fourth-order valence-corrected chi connectivity index (χ4v) is 11.5. The molecule has 9 nitrogen and oxygen atoms in total. The largest absolute Gasteiger partial charge is 0.472 e. The highest BCUT2D eigenvalue weighted by atomic mass is 31.2. The smallest absolute Gasteiger partial charge is 0.462 e. The summed E-state index contributed by atoms with van der Waals surface area (Å²) < 4.78 is 33.1. The Morgan fingerprint density at radius 2 is 0.628 bits per heavy atom. The monoisotopic (exact) mass is 1120 g/mol. The number of carbonyl (C=O) groups is 2. The third kappa shape index (κ3) is 63.9. The van der Waals surface area contributed by atoms with Crippen molar-refractivity contribution in [3.63, 3.8) is 0 Å². The van der Waals surface area contributed by atoms with Gasteiger partial charge in [-0.3, -0.25) is 18.6 Å². The van der Waals surface area contributed by atoms with E-state index in [4.69, 9.17) is 24.3 Å². The van der Waals surface area contributed by atoms with Crippen molar-refractivity contribution in [1.82, 2.24) is 0 Å². The first-order valence-corrected chi connectivity index (χ1v) is 36.2. The van der Waals surface area contributed by atoms with Gasteiger partial charge in [-0.2, -0.15) is 0 Å². The van der Waals surface area contributed by atoms with Crippen LogP contribution in [0.4, 0.5) is 0 Å². The van der Waals surface area contributed by atoms with E-state index in [1.165, 1.54) is 295 Å². The standard InChI is InChI=1S/C68H134NO8P/c1-3-5-7-9-11-13-15-17-19-21-22-23-24-25-26-27-28-29-30-31-32-33-34-35-36-37-38-39-40-41-42-43-44-45-47-48-50-52-54-56-58-60-67(70)74-64-66(65-76-78(72,73)75-63-62-69)77-68(71)61-59-57-55-53-51-49-46-20-18-16-14-12-10-8-6-4-2/h20,46,66H,3-19,21-45,47-65,69H2,1-2H3,(H,72,73)/b46-20-. The normalized spacial score (nSPS) is 12.9. The number of nitrogens with two attached hydrogens (primary N) is 1. The molecule has 0 aromatic heterocycles. The van der Waals surface area contributed by atoms with E-state index in [2.05, 4.69) is 26.0 Å². The van der Waals surface area contributed by atoms with Gasteiger partial charge in [0.25, 0.3) is 0 Å². The first-order valence-electron chi connectivity index (χ1n) is 34.7. The minimum Gasteiger partial charge on any atom is -0.462 e. The van der Waals surface area contributed by atoms with Crippen LogP contribution < -0.4 is 5.73 Å². The van der Waals surface area contributed by atoms with Crippen LogP contribution in [-0.4, -0.2) is 49.3 Å². The Kier molecular flexibility index (Phi) is 63.9. The second-order valence-electron chi connectivity index (χ2n) is 23.8. The fourth-order valence-electron chi connectivity index (χ4n) is 10.8. The lowest BCUT2D eigenvalue weighted by atomic mass is 10.0. The van der Waals surface area contributed by atoms with Crippen LogP contribution in [0.15, 0.2) is 12.2 Å². The van der Waals surface area contributed by atoms with Crippen molar-refractivity contribution in [3.05, 3.63) is 12.2 Å². The third-order valence-electron chi connectivity index (χ3n) is 15.9. The second-order valence-corrected chi connectivity index (χ2v) is 25.2. The van der Waals surface area contributed by atoms with E-state index < -0.39 is 26.5 Å². The molecule has 464 valence electrons. The Bertz CT molecular complexity index is 1280. The molecule has 78 heavy (non-hydrogen) atoms. The summed E-state index contributed by atoms with van der Waals surface area (Å²) in [5, 5.41) is 0. The van der Waals surface area contributed by atoms with Crippen LogP contribution >= 0.6 is 7.82 Å². The Morgan fingerprint density at radius 3 is 0.910 bits per heavy atom. The van der Waals surface area contributed by atoms with Crippen LogP contribution in [-0.2, 0) is 32.7 Å². The summed E-state index contributed by atoms with van der Waals surface area (Å²) >= 11 is 0. The predicted octanol–water partition coefficient (Wildman–Crippen LogP) is 22.4. The molecule has 0 spiro atoms. The molecule has 0 saturated carbocycles. The Labute approximate surface area is 485 Å². The molecule has 0 aliphatic heterocycles. The van der Waals surface area contributed by atoms with Crippen molar-refractivity contribution in [3.8, 4) is 0 Å². The molecular formula is C68H134NO8P. The predicted molar refractivity (Wildman–Crippen MR) is 335 cm³/mol. The van der Waals surface area contributed by atoms with Crippen LogP contribution in [0.5, 0.6) is 0 Å². The average molecular weight is 1120 g/mol. The van der Waals surface area contributed by atoms with E-state index in [0.717, 1.165) is 51.4 Å². The van der Waals surface area contributed by atoms with Crippen molar-refractivity contribution in [2.24, 2.45) is 5.73 Å². The summed E-state index contributed by atoms with van der Waals surface area (Å²) in [6.07, 6.45) is 77.7. The number of phosphoric acid groups is 1. The SMILES string of the molecule is CCCCCCCCC/C=C\CCCCCCCC(=O)OC(COC(=O)CCCCCCCCCCCCCCCCCCCCCCCCCCCCCCCCCCCCCCCCCCC)COP(=O)(O)OCCN. The highest BCUT2D eigenvalue weighted by molar-refractivity contribution is 7.47. The zero-order valence-electron chi connectivity index (χ0n) is 52.2. The lowest BCUT2D eigenvalue weighted by Gasteiger charge is -2.19. The van der Waals surface area contributed by atoms with E-state index in [9.17, 15) is 19.0 Å². The number of ether oxygens (including phenoxy) is 2. The van der Waals surface area contributed by atoms with E-state index in [1.807, 2.05) is 0 Å². The second kappa shape index (κ2) is 64.9. The first kappa shape index (κ1) is 76.8. The molecule has 0 fully saturated rings. The van der Waals surface area contributed by atoms with E-state index in [1.54, 1.807) is 0 Å². The first-order chi connectivity index (χ1) is 38.3. The van der Waals surface area contributed by atoms with Gasteiger partial charge in [0.15, 0.2) is 6.10 Å². The lowest BCUT2D eigenvalue weighted by molar-refractivity contribution is -0.161. The number of unbranched alkanes of at least 4 members (excludes halogenated alkanes) is 52. The molecule has 0 heterocycles. The van der Waals surface area contributed by atoms with E-state index in [-0.39, 0.29) is 38.6 Å². The molecule has 0 aliphatic rings. The van der Waals surface area contributed by atoms with Gasteiger partial charge in [0.05, 0.1) is 13.2 Å². The quantitative estimate of drug-likeness (QED) is 0.0264. The molecule has 0 aliphatic carbocycles. The van der Waals surface area contributed by atoms with E-state index in [0.29, 0.717) is 6.42 Å². The number of allylic oxidation sites excluding steroid dienone is 2. The summed E-state index contributed by atoms with van der Waals surface area (Å²) in [5.41, 5.74) is 5.39. The van der Waals surface area contributed by atoms with Gasteiger partial charge in [-0.1, -0.05) is 341 Å². The molecule has 10 heteroatoms. The Hall–Kier alpha value is -1.25. The van der Waals surface area contributed by atoms with Crippen molar-refractivity contribution in [2.75, 3.05) is 26.4 Å². The maximum absolute atomic E-state index is 12.7. The molecule has 0 aromatic rings. The van der Waals surface area contributed by atoms with Crippen LogP contribution in [0.1, 0.15) is 380 Å². The maximum Gasteiger partial charge on any atom is 0.472 e. The molecular weight excluding hydrogens is 990 g/mol. The molecule has 0 amide bonds. The van der Waals surface area contributed by atoms with Crippen LogP contribution in [0.25, 0.3) is 0 Å². The maximum atomic E-state index is 12.7. The number of rotatable bonds is 67.